The molecule has 2 aromatic rings. The molecule has 0 saturated carbocycles. The lowest BCUT2D eigenvalue weighted by atomic mass is 10.2. The van der Waals surface area contributed by atoms with Crippen molar-refractivity contribution in [2.45, 2.75) is 13.0 Å². The highest BCUT2D eigenvalue weighted by atomic mass is 35.5. The standard InChI is InChI=1S/C13H18ClN5O/c1-2-18-5-6-20-11(9-18)7-15-13-16-12-4-3-10(14)8-19(12)17-13/h3-4,8,11H,2,5-7,9H2,1H3,(H,15,17). The van der Waals surface area contributed by atoms with E-state index in [1.54, 1.807) is 16.8 Å². The Morgan fingerprint density at radius 1 is 1.50 bits per heavy atom. The minimum absolute atomic E-state index is 0.180. The molecule has 0 aromatic carbocycles. The number of halogens is 1. The molecule has 7 heteroatoms. The second kappa shape index (κ2) is 5.95. The number of fused-ring (bicyclic) bond motifs is 1. The number of pyridine rings is 1. The van der Waals surface area contributed by atoms with E-state index >= 15 is 0 Å². The first-order valence-electron chi connectivity index (χ1n) is 6.84. The third-order valence-corrected chi connectivity index (χ3v) is 3.68. The van der Waals surface area contributed by atoms with E-state index in [2.05, 4.69) is 27.2 Å². The first-order chi connectivity index (χ1) is 9.74. The highest BCUT2D eigenvalue weighted by molar-refractivity contribution is 6.30. The van der Waals surface area contributed by atoms with Crippen LogP contribution in [0.2, 0.25) is 5.02 Å². The van der Waals surface area contributed by atoms with Crippen LogP contribution in [0.15, 0.2) is 18.3 Å². The second-order valence-electron chi connectivity index (χ2n) is 4.85. The molecule has 1 aliphatic rings. The number of likely N-dealkylation sites (N-methyl/N-ethyl adjacent to an activating group) is 1. The zero-order chi connectivity index (χ0) is 13.9. The van der Waals surface area contributed by atoms with E-state index < -0.39 is 0 Å². The molecular weight excluding hydrogens is 278 g/mol. The van der Waals surface area contributed by atoms with Crippen molar-refractivity contribution in [3.63, 3.8) is 0 Å². The largest absolute Gasteiger partial charge is 0.374 e. The highest BCUT2D eigenvalue weighted by Crippen LogP contribution is 2.12. The quantitative estimate of drug-likeness (QED) is 0.927. The molecule has 3 heterocycles. The zero-order valence-corrected chi connectivity index (χ0v) is 12.2. The van der Waals surface area contributed by atoms with Crippen molar-refractivity contribution < 1.29 is 4.74 Å². The summed E-state index contributed by atoms with van der Waals surface area (Å²) in [5, 5.41) is 8.21. The molecule has 0 radical (unpaired) electrons. The molecule has 1 N–H and O–H groups in total. The molecule has 1 saturated heterocycles. The molecular formula is C13H18ClN5O. The Bertz CT molecular complexity index is 587. The van der Waals surface area contributed by atoms with Gasteiger partial charge in [-0.05, 0) is 18.7 Å². The van der Waals surface area contributed by atoms with Crippen molar-refractivity contribution in [3.8, 4) is 0 Å². The Hall–Kier alpha value is -1.37. The van der Waals surface area contributed by atoms with Crippen molar-refractivity contribution in [3.05, 3.63) is 23.4 Å². The van der Waals surface area contributed by atoms with Crippen LogP contribution < -0.4 is 5.32 Å². The van der Waals surface area contributed by atoms with Gasteiger partial charge in [0.1, 0.15) is 0 Å². The van der Waals surface area contributed by atoms with Gasteiger partial charge in [-0.3, -0.25) is 4.90 Å². The van der Waals surface area contributed by atoms with E-state index in [-0.39, 0.29) is 6.10 Å². The number of nitrogens with one attached hydrogen (secondary N) is 1. The van der Waals surface area contributed by atoms with Gasteiger partial charge in [-0.15, -0.1) is 5.10 Å². The topological polar surface area (TPSA) is 54.7 Å². The Labute approximate surface area is 122 Å². The summed E-state index contributed by atoms with van der Waals surface area (Å²) in [4.78, 5) is 6.77. The van der Waals surface area contributed by atoms with Crippen LogP contribution in [-0.2, 0) is 4.74 Å². The lowest BCUT2D eigenvalue weighted by molar-refractivity contribution is -0.0192. The molecule has 1 fully saturated rings. The Kier molecular flexibility index (Phi) is 4.05. The maximum Gasteiger partial charge on any atom is 0.243 e. The van der Waals surface area contributed by atoms with Crippen LogP contribution in [0.5, 0.6) is 0 Å². The Morgan fingerprint density at radius 2 is 2.40 bits per heavy atom. The first-order valence-corrected chi connectivity index (χ1v) is 7.22. The van der Waals surface area contributed by atoms with E-state index in [1.807, 2.05) is 6.07 Å². The summed E-state index contributed by atoms with van der Waals surface area (Å²) < 4.78 is 7.41. The fraction of sp³-hybridized carbons (Fsp3) is 0.538. The summed E-state index contributed by atoms with van der Waals surface area (Å²) in [6.07, 6.45) is 1.92. The van der Waals surface area contributed by atoms with Crippen LogP contribution in [0, 0.1) is 0 Å². The molecule has 0 bridgehead atoms. The smallest absolute Gasteiger partial charge is 0.243 e. The highest BCUT2D eigenvalue weighted by Gasteiger charge is 2.19. The maximum atomic E-state index is 5.92. The average Bonchev–Trinajstić information content (AvgIpc) is 2.87. The third-order valence-electron chi connectivity index (χ3n) is 3.45. The average molecular weight is 296 g/mol. The Morgan fingerprint density at radius 3 is 3.25 bits per heavy atom. The number of morpholine rings is 1. The Balaban J connectivity index is 1.62. The molecule has 108 valence electrons. The molecule has 3 rings (SSSR count). The number of nitrogens with zero attached hydrogens (tertiary/aromatic N) is 4. The van der Waals surface area contributed by atoms with Gasteiger partial charge in [0.25, 0.3) is 0 Å². The van der Waals surface area contributed by atoms with Gasteiger partial charge in [0, 0.05) is 25.8 Å². The number of hydrogen-bond donors (Lipinski definition) is 1. The van der Waals surface area contributed by atoms with Crippen LogP contribution in [-0.4, -0.2) is 58.4 Å². The second-order valence-corrected chi connectivity index (χ2v) is 5.29. The summed E-state index contributed by atoms with van der Waals surface area (Å²) in [5.41, 5.74) is 0.775. The predicted octanol–water partition coefficient (Wildman–Crippen LogP) is 1.52. The van der Waals surface area contributed by atoms with E-state index in [4.69, 9.17) is 16.3 Å². The maximum absolute atomic E-state index is 5.92. The monoisotopic (exact) mass is 295 g/mol. The summed E-state index contributed by atoms with van der Waals surface area (Å²) in [7, 11) is 0. The summed E-state index contributed by atoms with van der Waals surface area (Å²) >= 11 is 5.92. The van der Waals surface area contributed by atoms with Gasteiger partial charge < -0.3 is 10.1 Å². The normalized spacial score (nSPS) is 20.4. The van der Waals surface area contributed by atoms with Crippen molar-refractivity contribution in [1.82, 2.24) is 19.5 Å². The number of anilines is 1. The van der Waals surface area contributed by atoms with Crippen molar-refractivity contribution >= 4 is 23.2 Å². The van der Waals surface area contributed by atoms with Crippen LogP contribution in [0.1, 0.15) is 6.92 Å². The lowest BCUT2D eigenvalue weighted by Gasteiger charge is -2.31. The summed E-state index contributed by atoms with van der Waals surface area (Å²) in [5.74, 6) is 0.601. The number of aromatic nitrogens is 3. The fourth-order valence-corrected chi connectivity index (χ4v) is 2.48. The summed E-state index contributed by atoms with van der Waals surface area (Å²) in [6, 6.07) is 3.65. The minimum Gasteiger partial charge on any atom is -0.374 e. The van der Waals surface area contributed by atoms with Crippen LogP contribution in [0.25, 0.3) is 5.65 Å². The van der Waals surface area contributed by atoms with Crippen LogP contribution in [0.3, 0.4) is 0 Å². The fourth-order valence-electron chi connectivity index (χ4n) is 2.33. The van der Waals surface area contributed by atoms with Gasteiger partial charge in [0.15, 0.2) is 5.65 Å². The number of hydrogen-bond acceptors (Lipinski definition) is 5. The van der Waals surface area contributed by atoms with Gasteiger partial charge in [-0.1, -0.05) is 18.5 Å². The lowest BCUT2D eigenvalue weighted by Crippen LogP contribution is -2.45. The van der Waals surface area contributed by atoms with E-state index in [9.17, 15) is 0 Å². The number of rotatable bonds is 4. The number of ether oxygens (including phenoxy) is 1. The molecule has 6 nitrogen and oxygen atoms in total. The van der Waals surface area contributed by atoms with Crippen molar-refractivity contribution in [2.24, 2.45) is 0 Å². The van der Waals surface area contributed by atoms with E-state index in [0.29, 0.717) is 17.5 Å². The van der Waals surface area contributed by atoms with Gasteiger partial charge in [0.05, 0.1) is 17.7 Å². The van der Waals surface area contributed by atoms with Gasteiger partial charge in [0.2, 0.25) is 5.95 Å². The molecule has 20 heavy (non-hydrogen) atoms. The third kappa shape index (κ3) is 3.03. The molecule has 1 atom stereocenters. The minimum atomic E-state index is 0.180. The SMILES string of the molecule is CCN1CCOC(CNc2nc3ccc(Cl)cn3n2)C1. The molecule has 2 aromatic heterocycles. The van der Waals surface area contributed by atoms with Crippen LogP contribution in [0.4, 0.5) is 5.95 Å². The van der Waals surface area contributed by atoms with Crippen molar-refractivity contribution in [2.75, 3.05) is 38.1 Å². The molecule has 1 aliphatic heterocycles. The van der Waals surface area contributed by atoms with E-state index in [0.717, 1.165) is 31.9 Å². The van der Waals surface area contributed by atoms with Gasteiger partial charge >= 0.3 is 0 Å². The predicted molar refractivity (Wildman–Crippen MR) is 78.3 cm³/mol. The summed E-state index contributed by atoms with van der Waals surface area (Å²) in [6.45, 7) is 6.69. The zero-order valence-electron chi connectivity index (χ0n) is 11.4. The van der Waals surface area contributed by atoms with Crippen LogP contribution >= 0.6 is 11.6 Å². The first kappa shape index (κ1) is 13.6. The molecule has 0 spiro atoms. The molecule has 0 amide bonds. The van der Waals surface area contributed by atoms with Crippen molar-refractivity contribution in [1.29, 1.82) is 0 Å². The van der Waals surface area contributed by atoms with E-state index in [1.165, 1.54) is 0 Å². The molecule has 1 unspecified atom stereocenters. The van der Waals surface area contributed by atoms with Gasteiger partial charge in [-0.25, -0.2) is 4.52 Å². The molecule has 0 aliphatic carbocycles. The van der Waals surface area contributed by atoms with Gasteiger partial charge in [-0.2, -0.15) is 4.98 Å².